The van der Waals surface area contributed by atoms with Crippen molar-refractivity contribution in [2.24, 2.45) is 17.8 Å². The first-order valence-corrected chi connectivity index (χ1v) is 8.18. The normalized spacial score (nSPS) is 28.2. The van der Waals surface area contributed by atoms with Gasteiger partial charge in [0.15, 0.2) is 0 Å². The van der Waals surface area contributed by atoms with Crippen LogP contribution in [0.5, 0.6) is 0 Å². The lowest BCUT2D eigenvalue weighted by molar-refractivity contribution is 0.220. The van der Waals surface area contributed by atoms with Crippen molar-refractivity contribution in [3.63, 3.8) is 0 Å². The van der Waals surface area contributed by atoms with Crippen molar-refractivity contribution in [2.75, 3.05) is 33.2 Å². The van der Waals surface area contributed by atoms with Crippen molar-refractivity contribution >= 4 is 10.2 Å². The van der Waals surface area contributed by atoms with Gasteiger partial charge in [0.05, 0.1) is 0 Å². The average molecular weight is 277 g/mol. The standard InChI is InChI=1S/C12H27N3O2S/c1-10-5-11(2)9-15(8-10)18(16,17)14-7-12(3)6-13-4/h10-14H,5-9H2,1-4H3. The van der Waals surface area contributed by atoms with Crippen LogP contribution in [0.1, 0.15) is 27.2 Å². The molecule has 1 aliphatic heterocycles. The van der Waals surface area contributed by atoms with Gasteiger partial charge in [0.25, 0.3) is 10.2 Å². The van der Waals surface area contributed by atoms with Gasteiger partial charge in [-0.1, -0.05) is 20.8 Å². The van der Waals surface area contributed by atoms with E-state index in [1.54, 1.807) is 4.31 Å². The molecule has 2 N–H and O–H groups in total. The summed E-state index contributed by atoms with van der Waals surface area (Å²) in [5.74, 6) is 1.18. The van der Waals surface area contributed by atoms with Gasteiger partial charge in [-0.15, -0.1) is 0 Å². The van der Waals surface area contributed by atoms with E-state index >= 15 is 0 Å². The second kappa shape index (κ2) is 6.84. The lowest BCUT2D eigenvalue weighted by Crippen LogP contribution is -2.49. The molecular weight excluding hydrogens is 250 g/mol. The summed E-state index contributed by atoms with van der Waals surface area (Å²) in [6, 6.07) is 0. The molecule has 0 bridgehead atoms. The highest BCUT2D eigenvalue weighted by Crippen LogP contribution is 2.22. The first-order valence-electron chi connectivity index (χ1n) is 6.74. The Hall–Kier alpha value is -0.170. The fraction of sp³-hybridized carbons (Fsp3) is 1.00. The molecule has 1 fully saturated rings. The predicted octanol–water partition coefficient (Wildman–Crippen LogP) is 0.654. The summed E-state index contributed by atoms with van der Waals surface area (Å²) in [5, 5.41) is 3.05. The molecule has 0 radical (unpaired) electrons. The molecule has 0 spiro atoms. The molecule has 0 amide bonds. The summed E-state index contributed by atoms with van der Waals surface area (Å²) in [4.78, 5) is 0. The largest absolute Gasteiger partial charge is 0.319 e. The Kier molecular flexibility index (Phi) is 6.04. The summed E-state index contributed by atoms with van der Waals surface area (Å²) >= 11 is 0. The zero-order valence-electron chi connectivity index (χ0n) is 11.9. The maximum absolute atomic E-state index is 12.2. The molecule has 0 aliphatic carbocycles. The highest BCUT2D eigenvalue weighted by molar-refractivity contribution is 7.87. The number of nitrogens with zero attached hydrogens (tertiary/aromatic N) is 1. The molecular formula is C12H27N3O2S. The maximum atomic E-state index is 12.2. The van der Waals surface area contributed by atoms with Crippen LogP contribution in [-0.4, -0.2) is 45.9 Å². The molecule has 0 aromatic carbocycles. The van der Waals surface area contributed by atoms with Gasteiger partial charge < -0.3 is 5.32 Å². The molecule has 5 nitrogen and oxygen atoms in total. The Balaban J connectivity index is 2.52. The Labute approximate surface area is 112 Å². The molecule has 3 unspecified atom stereocenters. The Morgan fingerprint density at radius 1 is 1.22 bits per heavy atom. The minimum Gasteiger partial charge on any atom is -0.319 e. The number of nitrogens with one attached hydrogen (secondary N) is 2. The number of hydrogen-bond donors (Lipinski definition) is 2. The van der Waals surface area contributed by atoms with Crippen molar-refractivity contribution < 1.29 is 8.42 Å². The first-order chi connectivity index (χ1) is 8.35. The van der Waals surface area contributed by atoms with Crippen LogP contribution in [0.2, 0.25) is 0 Å². The third-order valence-corrected chi connectivity index (χ3v) is 4.85. The van der Waals surface area contributed by atoms with E-state index in [-0.39, 0.29) is 0 Å². The van der Waals surface area contributed by atoms with E-state index in [4.69, 9.17) is 0 Å². The van der Waals surface area contributed by atoms with E-state index in [0.29, 0.717) is 37.4 Å². The molecule has 1 aliphatic rings. The Morgan fingerprint density at radius 2 is 1.78 bits per heavy atom. The van der Waals surface area contributed by atoms with Crippen LogP contribution in [-0.2, 0) is 10.2 Å². The van der Waals surface area contributed by atoms with Gasteiger partial charge in [0.1, 0.15) is 0 Å². The van der Waals surface area contributed by atoms with Crippen molar-refractivity contribution in [1.82, 2.24) is 14.3 Å². The van der Waals surface area contributed by atoms with E-state index in [1.807, 2.05) is 14.0 Å². The van der Waals surface area contributed by atoms with Gasteiger partial charge in [-0.3, -0.25) is 0 Å². The highest BCUT2D eigenvalue weighted by Gasteiger charge is 2.30. The van der Waals surface area contributed by atoms with E-state index in [1.165, 1.54) is 0 Å². The average Bonchev–Trinajstić information content (AvgIpc) is 2.26. The molecule has 1 rings (SSSR count). The van der Waals surface area contributed by atoms with Gasteiger partial charge in [-0.05, 0) is 37.8 Å². The molecule has 108 valence electrons. The van der Waals surface area contributed by atoms with Gasteiger partial charge >= 0.3 is 0 Å². The molecule has 3 atom stereocenters. The third-order valence-electron chi connectivity index (χ3n) is 3.34. The predicted molar refractivity (Wildman–Crippen MR) is 74.5 cm³/mol. The second-order valence-corrected chi connectivity index (χ2v) is 7.53. The third kappa shape index (κ3) is 4.84. The van der Waals surface area contributed by atoms with E-state index < -0.39 is 10.2 Å². The van der Waals surface area contributed by atoms with Gasteiger partial charge in [0.2, 0.25) is 0 Å². The number of rotatable bonds is 6. The molecule has 1 heterocycles. The van der Waals surface area contributed by atoms with Crippen molar-refractivity contribution in [1.29, 1.82) is 0 Å². The zero-order chi connectivity index (χ0) is 13.8. The van der Waals surface area contributed by atoms with Crippen LogP contribution in [0.15, 0.2) is 0 Å². The van der Waals surface area contributed by atoms with Gasteiger partial charge in [-0.25, -0.2) is 4.72 Å². The minimum absolute atomic E-state index is 0.296. The van der Waals surface area contributed by atoms with Crippen LogP contribution < -0.4 is 10.0 Å². The maximum Gasteiger partial charge on any atom is 0.279 e. The zero-order valence-corrected chi connectivity index (χ0v) is 12.8. The van der Waals surface area contributed by atoms with Crippen LogP contribution in [0.3, 0.4) is 0 Å². The van der Waals surface area contributed by atoms with Crippen LogP contribution in [0.4, 0.5) is 0 Å². The van der Waals surface area contributed by atoms with Crippen LogP contribution in [0, 0.1) is 17.8 Å². The van der Waals surface area contributed by atoms with Crippen LogP contribution in [0.25, 0.3) is 0 Å². The topological polar surface area (TPSA) is 61.4 Å². The van der Waals surface area contributed by atoms with Gasteiger partial charge in [0, 0.05) is 19.6 Å². The summed E-state index contributed by atoms with van der Waals surface area (Å²) < 4.78 is 28.7. The number of piperidine rings is 1. The quantitative estimate of drug-likeness (QED) is 0.749. The summed E-state index contributed by atoms with van der Waals surface area (Å²) in [5.41, 5.74) is 0. The number of hydrogen-bond acceptors (Lipinski definition) is 3. The fourth-order valence-corrected chi connectivity index (χ4v) is 4.14. The van der Waals surface area contributed by atoms with Gasteiger partial charge in [-0.2, -0.15) is 12.7 Å². The fourth-order valence-electron chi connectivity index (χ4n) is 2.56. The second-order valence-electron chi connectivity index (χ2n) is 5.78. The summed E-state index contributed by atoms with van der Waals surface area (Å²) in [6.07, 6.45) is 1.11. The van der Waals surface area contributed by atoms with Crippen molar-refractivity contribution in [2.45, 2.75) is 27.2 Å². The van der Waals surface area contributed by atoms with Crippen molar-refractivity contribution in [3.05, 3.63) is 0 Å². The van der Waals surface area contributed by atoms with E-state index in [2.05, 4.69) is 23.9 Å². The van der Waals surface area contributed by atoms with Crippen LogP contribution >= 0.6 is 0 Å². The molecule has 18 heavy (non-hydrogen) atoms. The molecule has 1 saturated heterocycles. The molecule has 0 saturated carbocycles. The molecule has 6 heteroatoms. The first kappa shape index (κ1) is 15.9. The Bertz CT molecular complexity index is 335. The summed E-state index contributed by atoms with van der Waals surface area (Å²) in [6.45, 7) is 8.84. The Morgan fingerprint density at radius 3 is 2.28 bits per heavy atom. The molecule has 0 aromatic heterocycles. The lowest BCUT2D eigenvalue weighted by atomic mass is 9.94. The monoisotopic (exact) mass is 277 g/mol. The minimum atomic E-state index is -3.31. The molecule has 0 aromatic rings. The highest BCUT2D eigenvalue weighted by atomic mass is 32.2. The van der Waals surface area contributed by atoms with Crippen molar-refractivity contribution in [3.8, 4) is 0 Å². The van der Waals surface area contributed by atoms with E-state index in [0.717, 1.165) is 13.0 Å². The smallest absolute Gasteiger partial charge is 0.279 e. The lowest BCUT2D eigenvalue weighted by Gasteiger charge is -2.34. The van der Waals surface area contributed by atoms with E-state index in [9.17, 15) is 8.42 Å². The summed E-state index contributed by atoms with van der Waals surface area (Å²) in [7, 11) is -1.43. The SMILES string of the molecule is CNCC(C)CNS(=O)(=O)N1CC(C)CC(C)C1.